The summed E-state index contributed by atoms with van der Waals surface area (Å²) in [5.41, 5.74) is 2.12. The van der Waals surface area contributed by atoms with Gasteiger partial charge in [0.1, 0.15) is 17.1 Å². The molecule has 4 aliphatic rings. The smallest absolute Gasteiger partial charge is 0.252 e. The molecule has 0 bridgehead atoms. The van der Waals surface area contributed by atoms with E-state index in [-0.39, 0.29) is 28.1 Å². The van der Waals surface area contributed by atoms with E-state index in [0.717, 1.165) is 36.1 Å². The monoisotopic (exact) mass is 367 g/mol. The molecule has 144 valence electrons. The summed E-state index contributed by atoms with van der Waals surface area (Å²) in [7, 11) is 0. The first-order valence-corrected chi connectivity index (χ1v) is 10.2. The molecule has 1 amide bonds. The van der Waals surface area contributed by atoms with Crippen molar-refractivity contribution in [1.82, 2.24) is 5.32 Å². The standard InChI is InChI=1S/C23H29NO3/c1-13-6-7-18-21(2,3)8-5-9-23(18)22(13,4)11-15-17(25)10-14-16(19(15)27-23)12-24-20(14)26/h5,8,10,13,18,25H,6-7,9,11-12H2,1-4H3,(H,24,26)/t13-,18-,22+,23-/m0/s1. The molecule has 2 heterocycles. The van der Waals surface area contributed by atoms with Crippen LogP contribution in [0, 0.1) is 22.7 Å². The number of amides is 1. The zero-order chi connectivity index (χ0) is 19.2. The van der Waals surface area contributed by atoms with Gasteiger partial charge in [-0.25, -0.2) is 0 Å². The van der Waals surface area contributed by atoms with Crippen molar-refractivity contribution in [3.05, 3.63) is 34.9 Å². The average Bonchev–Trinajstić information content (AvgIpc) is 2.96. The zero-order valence-corrected chi connectivity index (χ0v) is 16.7. The van der Waals surface area contributed by atoms with E-state index in [1.807, 2.05) is 0 Å². The second kappa shape index (κ2) is 5.09. The van der Waals surface area contributed by atoms with E-state index in [2.05, 4.69) is 45.2 Å². The number of hydrogen-bond acceptors (Lipinski definition) is 3. The summed E-state index contributed by atoms with van der Waals surface area (Å²) in [5.74, 6) is 1.79. The summed E-state index contributed by atoms with van der Waals surface area (Å²) in [6, 6.07) is 1.64. The maximum atomic E-state index is 12.2. The molecule has 4 heteroatoms. The van der Waals surface area contributed by atoms with Crippen molar-refractivity contribution in [1.29, 1.82) is 0 Å². The number of phenols is 1. The Kier molecular flexibility index (Phi) is 3.23. The molecule has 5 rings (SSSR count). The number of carbonyl (C=O) groups is 1. The molecular weight excluding hydrogens is 338 g/mol. The lowest BCUT2D eigenvalue weighted by Gasteiger charge is -2.64. The summed E-state index contributed by atoms with van der Waals surface area (Å²) < 4.78 is 7.01. The first-order chi connectivity index (χ1) is 12.7. The Morgan fingerprint density at radius 3 is 2.78 bits per heavy atom. The number of aromatic hydroxyl groups is 1. The van der Waals surface area contributed by atoms with Gasteiger partial charge < -0.3 is 15.2 Å². The van der Waals surface area contributed by atoms with Crippen LogP contribution in [0.4, 0.5) is 0 Å². The molecule has 4 atom stereocenters. The van der Waals surface area contributed by atoms with Crippen LogP contribution in [0.1, 0.15) is 68.4 Å². The third-order valence-electron chi connectivity index (χ3n) is 8.33. The number of rotatable bonds is 0. The second-order valence-electron chi connectivity index (χ2n) is 9.96. The minimum Gasteiger partial charge on any atom is -0.508 e. The lowest BCUT2D eigenvalue weighted by molar-refractivity contribution is -0.186. The fourth-order valence-electron chi connectivity index (χ4n) is 6.56. The van der Waals surface area contributed by atoms with Gasteiger partial charge in [0.15, 0.2) is 0 Å². The molecular formula is C23H29NO3. The van der Waals surface area contributed by atoms with E-state index in [1.54, 1.807) is 6.07 Å². The van der Waals surface area contributed by atoms with Gasteiger partial charge in [0, 0.05) is 35.4 Å². The fourth-order valence-corrected chi connectivity index (χ4v) is 6.56. The first-order valence-electron chi connectivity index (χ1n) is 10.2. The Balaban J connectivity index is 1.75. The van der Waals surface area contributed by atoms with Crippen LogP contribution in [0.25, 0.3) is 0 Å². The van der Waals surface area contributed by atoms with Crippen molar-refractivity contribution in [3.63, 3.8) is 0 Å². The number of ether oxygens (including phenoxy) is 1. The van der Waals surface area contributed by atoms with Gasteiger partial charge in [0.05, 0.1) is 5.56 Å². The van der Waals surface area contributed by atoms with Crippen molar-refractivity contribution in [3.8, 4) is 11.5 Å². The van der Waals surface area contributed by atoms with Gasteiger partial charge in [0.2, 0.25) is 0 Å². The van der Waals surface area contributed by atoms with Gasteiger partial charge in [-0.2, -0.15) is 0 Å². The highest BCUT2D eigenvalue weighted by atomic mass is 16.5. The summed E-state index contributed by atoms with van der Waals surface area (Å²) in [6.45, 7) is 9.83. The lowest BCUT2D eigenvalue weighted by Crippen LogP contribution is -2.67. The number of phenolic OH excluding ortho intramolecular Hbond substituents is 1. The minimum atomic E-state index is -0.289. The minimum absolute atomic E-state index is 0.0489. The zero-order valence-electron chi connectivity index (χ0n) is 16.7. The predicted octanol–water partition coefficient (Wildman–Crippen LogP) is 4.35. The summed E-state index contributed by atoms with van der Waals surface area (Å²) in [5, 5.41) is 13.6. The van der Waals surface area contributed by atoms with Gasteiger partial charge in [-0.05, 0) is 36.7 Å². The van der Waals surface area contributed by atoms with Gasteiger partial charge in [0.25, 0.3) is 5.91 Å². The Labute approximate surface area is 161 Å². The Bertz CT molecular complexity index is 886. The molecule has 1 saturated carbocycles. The number of hydrogen-bond donors (Lipinski definition) is 2. The number of fused-ring (bicyclic) bond motifs is 3. The highest BCUT2D eigenvalue weighted by Crippen LogP contribution is 2.65. The molecule has 0 radical (unpaired) electrons. The van der Waals surface area contributed by atoms with E-state index in [0.29, 0.717) is 23.9 Å². The molecule has 1 aromatic carbocycles. The van der Waals surface area contributed by atoms with Crippen LogP contribution in [0.5, 0.6) is 11.5 Å². The van der Waals surface area contributed by atoms with Crippen molar-refractivity contribution in [2.75, 3.05) is 0 Å². The lowest BCUT2D eigenvalue weighted by atomic mass is 9.45. The molecule has 2 aliphatic carbocycles. The predicted molar refractivity (Wildman–Crippen MR) is 104 cm³/mol. The molecule has 1 aromatic rings. The first kappa shape index (κ1) is 17.2. The van der Waals surface area contributed by atoms with E-state index in [1.165, 1.54) is 6.42 Å². The summed E-state index contributed by atoms with van der Waals surface area (Å²) in [4.78, 5) is 12.2. The van der Waals surface area contributed by atoms with Gasteiger partial charge in [-0.1, -0.05) is 39.8 Å². The quantitative estimate of drug-likeness (QED) is 0.670. The average molecular weight is 367 g/mol. The van der Waals surface area contributed by atoms with Crippen molar-refractivity contribution >= 4 is 5.91 Å². The molecule has 2 aliphatic heterocycles. The molecule has 27 heavy (non-hydrogen) atoms. The highest BCUT2D eigenvalue weighted by Gasteiger charge is 2.65. The number of benzene rings is 1. The fraction of sp³-hybridized carbons (Fsp3) is 0.609. The van der Waals surface area contributed by atoms with E-state index < -0.39 is 0 Å². The Hall–Kier alpha value is -1.97. The van der Waals surface area contributed by atoms with Crippen LogP contribution in [0.3, 0.4) is 0 Å². The molecule has 1 spiro atoms. The second-order valence-corrected chi connectivity index (χ2v) is 9.96. The molecule has 0 saturated heterocycles. The summed E-state index contributed by atoms with van der Waals surface area (Å²) in [6.07, 6.45) is 8.69. The molecule has 0 unspecified atom stereocenters. The highest BCUT2D eigenvalue weighted by molar-refractivity contribution is 6.00. The third kappa shape index (κ3) is 1.97. The van der Waals surface area contributed by atoms with Gasteiger partial charge in [-0.15, -0.1) is 0 Å². The van der Waals surface area contributed by atoms with Crippen molar-refractivity contribution < 1.29 is 14.6 Å². The van der Waals surface area contributed by atoms with Crippen LogP contribution >= 0.6 is 0 Å². The van der Waals surface area contributed by atoms with Crippen LogP contribution < -0.4 is 10.1 Å². The van der Waals surface area contributed by atoms with Crippen molar-refractivity contribution in [2.45, 2.75) is 65.5 Å². The molecule has 2 N–H and O–H groups in total. The Morgan fingerprint density at radius 1 is 1.22 bits per heavy atom. The number of carbonyl (C=O) groups excluding carboxylic acids is 1. The van der Waals surface area contributed by atoms with E-state index >= 15 is 0 Å². The Morgan fingerprint density at radius 2 is 2.00 bits per heavy atom. The van der Waals surface area contributed by atoms with Gasteiger partial charge in [-0.3, -0.25) is 4.79 Å². The largest absolute Gasteiger partial charge is 0.508 e. The molecule has 0 aromatic heterocycles. The van der Waals surface area contributed by atoms with Crippen molar-refractivity contribution in [2.24, 2.45) is 22.7 Å². The van der Waals surface area contributed by atoms with Crippen LogP contribution in [0.2, 0.25) is 0 Å². The van der Waals surface area contributed by atoms with Gasteiger partial charge >= 0.3 is 0 Å². The molecule has 4 nitrogen and oxygen atoms in total. The van der Waals surface area contributed by atoms with E-state index in [9.17, 15) is 9.90 Å². The topological polar surface area (TPSA) is 58.6 Å². The number of allylic oxidation sites excluding steroid dienone is 1. The number of nitrogens with one attached hydrogen (secondary N) is 1. The maximum Gasteiger partial charge on any atom is 0.252 e. The van der Waals surface area contributed by atoms with E-state index in [4.69, 9.17) is 4.74 Å². The SMILES string of the molecule is C[C@H]1CC[C@H]2C(C)(C)C=CC[C@]23Oc2c(c(O)cc4c2CNC4=O)C[C@]13C. The van der Waals surface area contributed by atoms with Crippen LogP contribution in [0.15, 0.2) is 18.2 Å². The normalized spacial score (nSPS) is 38.1. The third-order valence-corrected chi connectivity index (χ3v) is 8.33. The molecule has 1 fully saturated rings. The van der Waals surface area contributed by atoms with Crippen LogP contribution in [-0.2, 0) is 13.0 Å². The maximum absolute atomic E-state index is 12.2. The van der Waals surface area contributed by atoms with Crippen LogP contribution in [-0.4, -0.2) is 16.6 Å². The summed E-state index contributed by atoms with van der Waals surface area (Å²) >= 11 is 0.